The maximum atomic E-state index is 4.91. The largest absolute Gasteiger partial charge is 0.0919 e. The molecule has 0 bridgehead atoms. The first kappa shape index (κ1) is 9.31. The van der Waals surface area contributed by atoms with Crippen molar-refractivity contribution in [3.63, 3.8) is 0 Å². The molecule has 1 heterocycles. The van der Waals surface area contributed by atoms with Crippen LogP contribution in [-0.4, -0.2) is 10.6 Å². The highest BCUT2D eigenvalue weighted by molar-refractivity contribution is 8.81. The molecule has 1 aromatic rings. The molecule has 1 atom stereocenters. The lowest BCUT2D eigenvalue weighted by molar-refractivity contribution is 1.60. The molecule has 1 aromatic carbocycles. The van der Waals surface area contributed by atoms with Crippen molar-refractivity contribution in [1.29, 1.82) is 0 Å². The van der Waals surface area contributed by atoms with Crippen LogP contribution in [0.15, 0.2) is 36.4 Å². The van der Waals surface area contributed by atoms with Gasteiger partial charge in [-0.2, -0.15) is 0 Å². The molecule has 0 radical (unpaired) electrons. The SMILES string of the molecule is S=CC1C=C(c2ccccc2)SS1. The van der Waals surface area contributed by atoms with Crippen molar-refractivity contribution in [3.05, 3.63) is 42.0 Å². The first-order valence-electron chi connectivity index (χ1n) is 3.96. The molecule has 0 saturated carbocycles. The summed E-state index contributed by atoms with van der Waals surface area (Å²) in [7, 11) is 3.62. The van der Waals surface area contributed by atoms with Gasteiger partial charge in [-0.3, -0.25) is 0 Å². The first-order valence-corrected chi connectivity index (χ1v) is 6.64. The zero-order valence-corrected chi connectivity index (χ0v) is 9.29. The van der Waals surface area contributed by atoms with Gasteiger partial charge >= 0.3 is 0 Å². The molecule has 0 spiro atoms. The van der Waals surface area contributed by atoms with E-state index in [1.807, 2.05) is 33.0 Å². The van der Waals surface area contributed by atoms with Crippen LogP contribution in [0, 0.1) is 0 Å². The molecule has 0 saturated heterocycles. The predicted molar refractivity (Wildman–Crippen MR) is 67.0 cm³/mol. The van der Waals surface area contributed by atoms with E-state index < -0.39 is 0 Å². The second-order valence-electron chi connectivity index (χ2n) is 2.68. The number of rotatable bonds is 2. The van der Waals surface area contributed by atoms with Crippen LogP contribution in [0.2, 0.25) is 0 Å². The minimum absolute atomic E-state index is 0.398. The molecule has 1 aliphatic rings. The van der Waals surface area contributed by atoms with Crippen molar-refractivity contribution in [2.45, 2.75) is 5.25 Å². The standard InChI is InChI=1S/C10H8S3/c11-7-9-6-10(13-12-9)8-4-2-1-3-5-8/h1-7,9H. The Bertz CT molecular complexity index is 329. The van der Waals surface area contributed by atoms with Gasteiger partial charge in [-0.1, -0.05) is 70.2 Å². The lowest BCUT2D eigenvalue weighted by Crippen LogP contribution is -1.90. The minimum atomic E-state index is 0.398. The Labute approximate surface area is 91.2 Å². The van der Waals surface area contributed by atoms with Gasteiger partial charge in [-0.15, -0.1) is 0 Å². The van der Waals surface area contributed by atoms with Gasteiger partial charge < -0.3 is 0 Å². The van der Waals surface area contributed by atoms with Crippen molar-refractivity contribution in [2.75, 3.05) is 0 Å². The molecule has 0 aliphatic carbocycles. The summed E-state index contributed by atoms with van der Waals surface area (Å²) < 4.78 is 0. The van der Waals surface area contributed by atoms with Gasteiger partial charge in [0.05, 0.1) is 5.25 Å². The Balaban J connectivity index is 2.24. The molecule has 0 fully saturated rings. The second-order valence-corrected chi connectivity index (χ2v) is 5.37. The Kier molecular flexibility index (Phi) is 3.09. The summed E-state index contributed by atoms with van der Waals surface area (Å²) in [5.74, 6) is 0. The number of hydrogen-bond donors (Lipinski definition) is 0. The van der Waals surface area contributed by atoms with Crippen LogP contribution in [0.1, 0.15) is 5.56 Å². The Morgan fingerprint density at radius 1 is 1.23 bits per heavy atom. The molecule has 1 aliphatic heterocycles. The summed E-state index contributed by atoms with van der Waals surface area (Å²) >= 11 is 4.91. The quantitative estimate of drug-likeness (QED) is 0.554. The number of benzene rings is 1. The molecule has 3 heteroatoms. The minimum Gasteiger partial charge on any atom is -0.0919 e. The van der Waals surface area contributed by atoms with E-state index in [1.165, 1.54) is 10.5 Å². The van der Waals surface area contributed by atoms with Crippen LogP contribution in [-0.2, 0) is 0 Å². The molecule has 66 valence electrons. The topological polar surface area (TPSA) is 0 Å². The Morgan fingerprint density at radius 3 is 2.62 bits per heavy atom. The van der Waals surface area contributed by atoms with Crippen LogP contribution in [0.3, 0.4) is 0 Å². The third kappa shape index (κ3) is 2.16. The average Bonchev–Trinajstić information content (AvgIpc) is 2.67. The number of thiocarbonyl (C=S) groups is 1. The van der Waals surface area contributed by atoms with Gasteiger partial charge in [0.2, 0.25) is 0 Å². The van der Waals surface area contributed by atoms with Crippen LogP contribution in [0.5, 0.6) is 0 Å². The van der Waals surface area contributed by atoms with E-state index in [9.17, 15) is 0 Å². The normalized spacial score (nSPS) is 21.2. The van der Waals surface area contributed by atoms with E-state index >= 15 is 0 Å². The number of hydrogen-bond acceptors (Lipinski definition) is 3. The lowest BCUT2D eigenvalue weighted by atomic mass is 10.2. The average molecular weight is 224 g/mol. The summed E-state index contributed by atoms with van der Waals surface area (Å²) in [5, 5.41) is 2.21. The van der Waals surface area contributed by atoms with Crippen molar-refractivity contribution < 1.29 is 0 Å². The summed E-state index contributed by atoms with van der Waals surface area (Å²) in [6, 6.07) is 10.4. The van der Waals surface area contributed by atoms with Gasteiger partial charge in [0.1, 0.15) is 0 Å². The van der Waals surface area contributed by atoms with E-state index in [4.69, 9.17) is 12.2 Å². The van der Waals surface area contributed by atoms with E-state index in [-0.39, 0.29) is 0 Å². The predicted octanol–water partition coefficient (Wildman–Crippen LogP) is 3.79. The first-order chi connectivity index (χ1) is 6.40. The van der Waals surface area contributed by atoms with Crippen molar-refractivity contribution >= 4 is 44.1 Å². The molecule has 0 nitrogen and oxygen atoms in total. The highest BCUT2D eigenvalue weighted by Gasteiger charge is 2.15. The summed E-state index contributed by atoms with van der Waals surface area (Å²) in [5.41, 5.74) is 1.29. The monoisotopic (exact) mass is 224 g/mol. The van der Waals surface area contributed by atoms with Gasteiger partial charge in [0, 0.05) is 4.91 Å². The molecule has 0 amide bonds. The maximum Gasteiger partial charge on any atom is 0.0631 e. The molecular formula is C10H8S3. The fourth-order valence-electron chi connectivity index (χ4n) is 1.12. The third-order valence-corrected chi connectivity index (χ3v) is 4.86. The van der Waals surface area contributed by atoms with E-state index in [0.29, 0.717) is 5.25 Å². The Hall–Kier alpha value is -0.250. The Morgan fingerprint density at radius 2 is 2.00 bits per heavy atom. The summed E-state index contributed by atoms with van der Waals surface area (Å²) in [6.07, 6.45) is 2.22. The van der Waals surface area contributed by atoms with Gasteiger partial charge in [-0.05, 0) is 10.9 Å². The molecule has 0 N–H and O–H groups in total. The lowest BCUT2D eigenvalue weighted by Gasteiger charge is -1.97. The maximum absolute atomic E-state index is 4.91. The molecule has 0 aromatic heterocycles. The van der Waals surface area contributed by atoms with Crippen LogP contribution < -0.4 is 0 Å². The molecule has 1 unspecified atom stereocenters. The summed E-state index contributed by atoms with van der Waals surface area (Å²) in [6.45, 7) is 0. The van der Waals surface area contributed by atoms with Crippen LogP contribution >= 0.6 is 33.8 Å². The van der Waals surface area contributed by atoms with E-state index in [1.54, 1.807) is 0 Å². The second kappa shape index (κ2) is 4.31. The van der Waals surface area contributed by atoms with E-state index in [0.717, 1.165) is 0 Å². The zero-order chi connectivity index (χ0) is 9.10. The highest BCUT2D eigenvalue weighted by atomic mass is 33.1. The van der Waals surface area contributed by atoms with Crippen LogP contribution in [0.25, 0.3) is 4.91 Å². The van der Waals surface area contributed by atoms with Crippen molar-refractivity contribution in [3.8, 4) is 0 Å². The van der Waals surface area contributed by atoms with Gasteiger partial charge in [0.15, 0.2) is 0 Å². The molecule has 13 heavy (non-hydrogen) atoms. The summed E-state index contributed by atoms with van der Waals surface area (Å²) in [4.78, 5) is 1.33. The fraction of sp³-hybridized carbons (Fsp3) is 0.100. The molecule has 2 rings (SSSR count). The smallest absolute Gasteiger partial charge is 0.0631 e. The van der Waals surface area contributed by atoms with Crippen LogP contribution in [0.4, 0.5) is 0 Å². The van der Waals surface area contributed by atoms with E-state index in [2.05, 4.69) is 30.3 Å². The fourth-order valence-corrected chi connectivity index (χ4v) is 3.98. The van der Waals surface area contributed by atoms with Crippen molar-refractivity contribution in [2.24, 2.45) is 0 Å². The third-order valence-electron chi connectivity index (χ3n) is 1.76. The van der Waals surface area contributed by atoms with Crippen molar-refractivity contribution in [1.82, 2.24) is 0 Å². The highest BCUT2D eigenvalue weighted by Crippen LogP contribution is 2.46. The zero-order valence-electron chi connectivity index (χ0n) is 6.84. The van der Waals surface area contributed by atoms with Gasteiger partial charge in [0.25, 0.3) is 0 Å². The van der Waals surface area contributed by atoms with Gasteiger partial charge in [-0.25, -0.2) is 0 Å². The molecular weight excluding hydrogens is 216 g/mol.